The second-order valence-electron chi connectivity index (χ2n) is 7.75. The van der Waals surface area contributed by atoms with Crippen LogP contribution < -0.4 is 10.2 Å². The van der Waals surface area contributed by atoms with Gasteiger partial charge in [0.15, 0.2) is 0 Å². The minimum Gasteiger partial charge on any atom is -0.334 e. The lowest BCUT2D eigenvalue weighted by Gasteiger charge is -2.31. The van der Waals surface area contributed by atoms with Crippen LogP contribution in [0.1, 0.15) is 27.7 Å². The van der Waals surface area contributed by atoms with Crippen LogP contribution in [-0.2, 0) is 0 Å². The maximum Gasteiger partial charge on any atom is 0.116 e. The number of benzene rings is 1. The van der Waals surface area contributed by atoms with Gasteiger partial charge >= 0.3 is 0 Å². The fourth-order valence-corrected chi connectivity index (χ4v) is 8.91. The largest absolute Gasteiger partial charge is 0.334 e. The Kier molecular flexibility index (Phi) is 5.30. The van der Waals surface area contributed by atoms with E-state index in [0.29, 0.717) is 11.6 Å². The number of hydrogen-bond acceptors (Lipinski definition) is 1. The summed E-state index contributed by atoms with van der Waals surface area (Å²) in [6.07, 6.45) is 0. The molecule has 0 bridgehead atoms. The van der Waals surface area contributed by atoms with Crippen molar-refractivity contribution < 1.29 is 0 Å². The minimum atomic E-state index is -1.31. The third-order valence-corrected chi connectivity index (χ3v) is 8.59. The summed E-state index contributed by atoms with van der Waals surface area (Å²) in [4.78, 5) is 4.06. The molecule has 1 aromatic rings. The SMILES string of the molecule is CC1=C(C)C(C)C(C(N[Si](C)(C)C)[SiH2]c2ccccc2)=C1C. The summed E-state index contributed by atoms with van der Waals surface area (Å²) in [5, 5.41) is 1.56. The molecule has 0 radical (unpaired) electrons. The van der Waals surface area contributed by atoms with Gasteiger partial charge in [-0.25, -0.2) is 0 Å². The van der Waals surface area contributed by atoms with Crippen LogP contribution in [0.4, 0.5) is 0 Å². The van der Waals surface area contributed by atoms with Crippen LogP contribution in [0.2, 0.25) is 19.6 Å². The maximum atomic E-state index is 4.06. The van der Waals surface area contributed by atoms with Crippen molar-refractivity contribution in [1.29, 1.82) is 0 Å². The van der Waals surface area contributed by atoms with Crippen molar-refractivity contribution in [2.45, 2.75) is 53.0 Å². The van der Waals surface area contributed by atoms with Gasteiger partial charge in [-0.2, -0.15) is 0 Å². The molecule has 1 N–H and O–H groups in total. The number of hydrogen-bond donors (Lipinski definition) is 1. The molecular weight excluding hydrogens is 298 g/mol. The molecule has 1 nitrogen and oxygen atoms in total. The summed E-state index contributed by atoms with van der Waals surface area (Å²) in [5.41, 5.74) is 6.90. The average Bonchev–Trinajstić information content (AvgIpc) is 2.62. The first kappa shape index (κ1) is 17.4. The van der Waals surface area contributed by atoms with E-state index in [-0.39, 0.29) is 9.52 Å². The highest BCUT2D eigenvalue weighted by atomic mass is 28.3. The Morgan fingerprint density at radius 3 is 2.05 bits per heavy atom. The normalized spacial score (nSPS) is 21.3. The molecule has 0 fully saturated rings. The Morgan fingerprint density at radius 2 is 1.59 bits per heavy atom. The highest BCUT2D eigenvalue weighted by Crippen LogP contribution is 2.38. The molecule has 2 rings (SSSR count). The Labute approximate surface area is 139 Å². The van der Waals surface area contributed by atoms with Gasteiger partial charge in [-0.3, -0.25) is 0 Å². The molecule has 0 aromatic heterocycles. The van der Waals surface area contributed by atoms with Gasteiger partial charge in [-0.15, -0.1) is 0 Å². The summed E-state index contributed by atoms with van der Waals surface area (Å²) in [7, 11) is -1.69. The number of nitrogens with one attached hydrogen (secondary N) is 1. The van der Waals surface area contributed by atoms with Gasteiger partial charge in [0.1, 0.15) is 8.24 Å². The van der Waals surface area contributed by atoms with E-state index in [0.717, 1.165) is 0 Å². The van der Waals surface area contributed by atoms with Crippen LogP contribution in [0.25, 0.3) is 0 Å². The van der Waals surface area contributed by atoms with Crippen molar-refractivity contribution in [3.63, 3.8) is 0 Å². The first-order valence-electron chi connectivity index (χ1n) is 8.40. The molecule has 2 atom stereocenters. The van der Waals surface area contributed by atoms with Gasteiger partial charge in [0, 0.05) is 5.67 Å². The number of allylic oxidation sites excluding steroid dienone is 3. The molecule has 1 aliphatic rings. The van der Waals surface area contributed by atoms with Crippen molar-refractivity contribution in [3.8, 4) is 0 Å². The van der Waals surface area contributed by atoms with Gasteiger partial charge in [-0.1, -0.05) is 67.7 Å². The van der Waals surface area contributed by atoms with Crippen LogP contribution >= 0.6 is 0 Å². The van der Waals surface area contributed by atoms with Gasteiger partial charge in [0.25, 0.3) is 0 Å². The molecule has 2 unspecified atom stereocenters. The lowest BCUT2D eigenvalue weighted by Crippen LogP contribution is -2.54. The van der Waals surface area contributed by atoms with Crippen LogP contribution in [0.3, 0.4) is 0 Å². The molecular formula is C19H31NSi2. The Morgan fingerprint density at radius 1 is 1.00 bits per heavy atom. The summed E-state index contributed by atoms with van der Waals surface area (Å²) in [6.45, 7) is 16.6. The first-order valence-corrected chi connectivity index (χ1v) is 13.4. The van der Waals surface area contributed by atoms with E-state index < -0.39 is 8.24 Å². The second-order valence-corrected chi connectivity index (χ2v) is 14.6. The number of rotatable bonds is 5. The van der Waals surface area contributed by atoms with Crippen molar-refractivity contribution in [2.24, 2.45) is 5.92 Å². The van der Waals surface area contributed by atoms with Crippen molar-refractivity contribution in [1.82, 2.24) is 4.98 Å². The zero-order valence-electron chi connectivity index (χ0n) is 15.2. The predicted molar refractivity (Wildman–Crippen MR) is 105 cm³/mol. The minimum absolute atomic E-state index is 0.377. The van der Waals surface area contributed by atoms with E-state index in [1.54, 1.807) is 21.9 Å². The molecule has 0 spiro atoms. The van der Waals surface area contributed by atoms with Crippen LogP contribution in [0, 0.1) is 5.92 Å². The summed E-state index contributed by atoms with van der Waals surface area (Å²) in [5.74, 6) is 0.602. The third kappa shape index (κ3) is 3.89. The van der Waals surface area contributed by atoms with Gasteiger partial charge < -0.3 is 4.98 Å². The molecule has 0 saturated carbocycles. The molecule has 1 aromatic carbocycles. The van der Waals surface area contributed by atoms with E-state index in [9.17, 15) is 0 Å². The topological polar surface area (TPSA) is 12.0 Å². The smallest absolute Gasteiger partial charge is 0.116 e. The summed E-state index contributed by atoms with van der Waals surface area (Å²) in [6, 6.07) is 11.1. The molecule has 0 saturated heterocycles. The van der Waals surface area contributed by atoms with E-state index in [4.69, 9.17) is 0 Å². The lowest BCUT2D eigenvalue weighted by molar-refractivity contribution is 0.732. The molecule has 0 heterocycles. The van der Waals surface area contributed by atoms with E-state index in [2.05, 4.69) is 82.7 Å². The summed E-state index contributed by atoms with van der Waals surface area (Å²) < 4.78 is 0. The van der Waals surface area contributed by atoms with Crippen LogP contribution in [0.5, 0.6) is 0 Å². The molecule has 0 amide bonds. The predicted octanol–water partition coefficient (Wildman–Crippen LogP) is 3.53. The Hall–Kier alpha value is -0.906. The zero-order valence-corrected chi connectivity index (χ0v) is 17.7. The van der Waals surface area contributed by atoms with E-state index in [1.165, 1.54) is 5.57 Å². The van der Waals surface area contributed by atoms with Gasteiger partial charge in [0.2, 0.25) is 0 Å². The van der Waals surface area contributed by atoms with Gasteiger partial charge in [0.05, 0.1) is 9.52 Å². The molecule has 1 aliphatic carbocycles. The van der Waals surface area contributed by atoms with Crippen molar-refractivity contribution in [2.75, 3.05) is 0 Å². The average molecular weight is 330 g/mol. The van der Waals surface area contributed by atoms with Crippen LogP contribution in [-0.4, -0.2) is 23.4 Å². The maximum absolute atomic E-state index is 4.06. The second kappa shape index (κ2) is 6.69. The Balaban J connectivity index is 2.34. The zero-order chi connectivity index (χ0) is 16.5. The Bertz CT molecular complexity index is 594. The molecule has 120 valence electrons. The fourth-order valence-electron chi connectivity index (χ4n) is 3.57. The van der Waals surface area contributed by atoms with E-state index in [1.807, 2.05) is 0 Å². The van der Waals surface area contributed by atoms with Crippen molar-refractivity contribution >= 4 is 22.9 Å². The first-order chi connectivity index (χ1) is 10.2. The van der Waals surface area contributed by atoms with Crippen molar-refractivity contribution in [3.05, 3.63) is 52.6 Å². The van der Waals surface area contributed by atoms with E-state index >= 15 is 0 Å². The third-order valence-electron chi connectivity index (χ3n) is 4.97. The van der Waals surface area contributed by atoms with Crippen LogP contribution in [0.15, 0.2) is 52.6 Å². The van der Waals surface area contributed by atoms with Gasteiger partial charge in [-0.05, 0) is 43.4 Å². The molecule has 22 heavy (non-hydrogen) atoms. The molecule has 3 heteroatoms. The molecule has 0 aliphatic heterocycles. The lowest BCUT2D eigenvalue weighted by atomic mass is 9.98. The highest BCUT2D eigenvalue weighted by molar-refractivity contribution is 6.75. The highest BCUT2D eigenvalue weighted by Gasteiger charge is 2.31. The fraction of sp³-hybridized carbons (Fsp3) is 0.474. The standard InChI is InChI=1S/C19H31NSi2/c1-13-14(2)16(4)18(15(13)3)19(20-22(5,6)7)21-17-11-9-8-10-12-17/h8-12,15,19-20H,21H2,1-7H3. The summed E-state index contributed by atoms with van der Waals surface area (Å²) >= 11 is 0. The quantitative estimate of drug-likeness (QED) is 0.815. The monoisotopic (exact) mass is 329 g/mol.